The predicted octanol–water partition coefficient (Wildman–Crippen LogP) is 2.42. The number of carbonyl (C=O) groups is 1. The summed E-state index contributed by atoms with van der Waals surface area (Å²) in [6.07, 6.45) is 3.65. The average molecular weight is 240 g/mol. The number of hydrogen-bond donors (Lipinski definition) is 1. The molecule has 3 heteroatoms. The summed E-state index contributed by atoms with van der Waals surface area (Å²) in [6.45, 7) is 1.89. The molecule has 3 nitrogen and oxygen atoms in total. The van der Waals surface area contributed by atoms with Gasteiger partial charge in [0.2, 0.25) is 0 Å². The van der Waals surface area contributed by atoms with E-state index in [0.717, 1.165) is 42.4 Å². The molecule has 1 aliphatic rings. The first kappa shape index (κ1) is 11.4. The highest BCUT2D eigenvalue weighted by atomic mass is 16.1. The van der Waals surface area contributed by atoms with Crippen molar-refractivity contribution in [1.29, 1.82) is 0 Å². The molecule has 92 valence electrons. The molecule has 0 unspecified atom stereocenters. The zero-order valence-electron chi connectivity index (χ0n) is 10.2. The lowest BCUT2D eigenvalue weighted by atomic mass is 9.89. The van der Waals surface area contributed by atoms with Gasteiger partial charge in [0.05, 0.1) is 5.52 Å². The van der Waals surface area contributed by atoms with E-state index in [1.54, 1.807) is 6.20 Å². The third kappa shape index (κ3) is 2.14. The number of fused-ring (bicyclic) bond motifs is 1. The number of pyridine rings is 1. The first-order chi connectivity index (χ1) is 8.84. The fourth-order valence-corrected chi connectivity index (χ4v) is 2.54. The van der Waals surface area contributed by atoms with Crippen molar-refractivity contribution in [1.82, 2.24) is 10.3 Å². The second kappa shape index (κ2) is 4.86. The maximum Gasteiger partial charge on any atom is 0.166 e. The first-order valence-electron chi connectivity index (χ1n) is 6.44. The molecular formula is C15H16N2O. The number of carbonyl (C=O) groups excluding carboxylic acids is 1. The van der Waals surface area contributed by atoms with Crippen molar-refractivity contribution >= 4 is 16.7 Å². The van der Waals surface area contributed by atoms with Crippen LogP contribution >= 0.6 is 0 Å². The smallest absolute Gasteiger partial charge is 0.166 e. The van der Waals surface area contributed by atoms with Crippen molar-refractivity contribution in [3.8, 4) is 0 Å². The molecule has 18 heavy (non-hydrogen) atoms. The number of aromatic nitrogens is 1. The lowest BCUT2D eigenvalue weighted by molar-refractivity contribution is 0.0895. The van der Waals surface area contributed by atoms with Crippen LogP contribution in [-0.4, -0.2) is 23.9 Å². The largest absolute Gasteiger partial charge is 0.317 e. The van der Waals surface area contributed by atoms with Gasteiger partial charge in [0.15, 0.2) is 5.78 Å². The number of hydrogen-bond acceptors (Lipinski definition) is 3. The lowest BCUT2D eigenvalue weighted by Crippen LogP contribution is -2.31. The van der Waals surface area contributed by atoms with E-state index in [2.05, 4.69) is 10.3 Å². The van der Waals surface area contributed by atoms with Gasteiger partial charge in [-0.1, -0.05) is 18.2 Å². The van der Waals surface area contributed by atoms with Gasteiger partial charge in [0.25, 0.3) is 0 Å². The Balaban J connectivity index is 1.91. The van der Waals surface area contributed by atoms with Gasteiger partial charge >= 0.3 is 0 Å². The van der Waals surface area contributed by atoms with Gasteiger partial charge < -0.3 is 5.32 Å². The molecule has 1 aromatic heterocycles. The van der Waals surface area contributed by atoms with Crippen LogP contribution in [0.15, 0.2) is 36.5 Å². The molecule has 2 heterocycles. The standard InChI is InChI=1S/C15H16N2O/c18-15(12-5-8-16-9-6-12)13-4-3-11-2-1-7-17-14(11)10-13/h1-4,7,10,12,16H,5-6,8-9H2. The Labute approximate surface area is 106 Å². The van der Waals surface area contributed by atoms with Crippen LogP contribution in [0.3, 0.4) is 0 Å². The Kier molecular flexibility index (Phi) is 3.07. The first-order valence-corrected chi connectivity index (χ1v) is 6.44. The number of nitrogens with zero attached hydrogens (tertiary/aromatic N) is 1. The van der Waals surface area contributed by atoms with Crippen molar-refractivity contribution in [2.75, 3.05) is 13.1 Å². The van der Waals surface area contributed by atoms with E-state index in [4.69, 9.17) is 0 Å². The minimum Gasteiger partial charge on any atom is -0.317 e. The van der Waals surface area contributed by atoms with Crippen molar-refractivity contribution < 1.29 is 4.79 Å². The van der Waals surface area contributed by atoms with Gasteiger partial charge in [-0.15, -0.1) is 0 Å². The molecule has 1 saturated heterocycles. The van der Waals surface area contributed by atoms with Crippen molar-refractivity contribution in [2.45, 2.75) is 12.8 Å². The Bertz CT molecular complexity index is 573. The normalized spacial score (nSPS) is 16.9. The Morgan fingerprint density at radius 1 is 1.22 bits per heavy atom. The zero-order chi connectivity index (χ0) is 12.4. The Morgan fingerprint density at radius 3 is 2.89 bits per heavy atom. The maximum absolute atomic E-state index is 12.4. The number of piperidine rings is 1. The van der Waals surface area contributed by atoms with Gasteiger partial charge in [0.1, 0.15) is 0 Å². The van der Waals surface area contributed by atoms with Gasteiger partial charge in [-0.2, -0.15) is 0 Å². The van der Waals surface area contributed by atoms with E-state index in [-0.39, 0.29) is 11.7 Å². The van der Waals surface area contributed by atoms with Gasteiger partial charge in [-0.05, 0) is 38.1 Å². The van der Waals surface area contributed by atoms with E-state index >= 15 is 0 Å². The van der Waals surface area contributed by atoms with Crippen LogP contribution in [-0.2, 0) is 0 Å². The molecule has 1 aliphatic heterocycles. The summed E-state index contributed by atoms with van der Waals surface area (Å²) < 4.78 is 0. The molecule has 0 amide bonds. The fraction of sp³-hybridized carbons (Fsp3) is 0.333. The van der Waals surface area contributed by atoms with Crippen molar-refractivity contribution in [2.24, 2.45) is 5.92 Å². The molecule has 0 spiro atoms. The number of nitrogens with one attached hydrogen (secondary N) is 1. The quantitative estimate of drug-likeness (QED) is 0.820. The van der Waals surface area contributed by atoms with Crippen LogP contribution < -0.4 is 5.32 Å². The number of Topliss-reactive ketones (excluding diaryl/α,β-unsaturated/α-hetero) is 1. The summed E-state index contributed by atoms with van der Waals surface area (Å²) in [5.41, 5.74) is 1.70. The SMILES string of the molecule is O=C(c1ccc2cccnc2c1)C1CCNCC1. The molecule has 0 atom stereocenters. The monoisotopic (exact) mass is 240 g/mol. The third-order valence-corrected chi connectivity index (χ3v) is 3.60. The minimum atomic E-state index is 0.174. The molecule has 3 rings (SSSR count). The highest BCUT2D eigenvalue weighted by Crippen LogP contribution is 2.20. The molecule has 0 bridgehead atoms. The molecule has 1 aromatic carbocycles. The van der Waals surface area contributed by atoms with Crippen molar-refractivity contribution in [3.05, 3.63) is 42.1 Å². The molecule has 1 fully saturated rings. The molecule has 0 saturated carbocycles. The van der Waals surface area contributed by atoms with E-state index in [1.165, 1.54) is 0 Å². The second-order valence-electron chi connectivity index (χ2n) is 4.80. The van der Waals surface area contributed by atoms with Crippen LogP contribution in [0, 0.1) is 5.92 Å². The fourth-order valence-electron chi connectivity index (χ4n) is 2.54. The van der Waals surface area contributed by atoms with Gasteiger partial charge in [-0.3, -0.25) is 9.78 Å². The van der Waals surface area contributed by atoms with Crippen LogP contribution in [0.25, 0.3) is 10.9 Å². The van der Waals surface area contributed by atoms with Crippen LogP contribution in [0.4, 0.5) is 0 Å². The molecule has 0 aliphatic carbocycles. The average Bonchev–Trinajstić information content (AvgIpc) is 2.47. The number of ketones is 1. The van der Waals surface area contributed by atoms with E-state index in [1.807, 2.05) is 30.3 Å². The highest BCUT2D eigenvalue weighted by molar-refractivity contribution is 6.00. The maximum atomic E-state index is 12.4. The molecule has 2 aromatic rings. The van der Waals surface area contributed by atoms with Gasteiger partial charge in [0, 0.05) is 23.1 Å². The molecular weight excluding hydrogens is 224 g/mol. The number of benzene rings is 1. The molecule has 0 radical (unpaired) electrons. The van der Waals surface area contributed by atoms with Gasteiger partial charge in [-0.25, -0.2) is 0 Å². The zero-order valence-corrected chi connectivity index (χ0v) is 10.2. The highest BCUT2D eigenvalue weighted by Gasteiger charge is 2.22. The van der Waals surface area contributed by atoms with E-state index in [9.17, 15) is 4.79 Å². The summed E-state index contributed by atoms with van der Waals surface area (Å²) in [5, 5.41) is 4.37. The summed E-state index contributed by atoms with van der Waals surface area (Å²) in [7, 11) is 0. The van der Waals surface area contributed by atoms with E-state index in [0.29, 0.717) is 0 Å². The Hall–Kier alpha value is -1.74. The van der Waals surface area contributed by atoms with Crippen LogP contribution in [0.5, 0.6) is 0 Å². The lowest BCUT2D eigenvalue weighted by Gasteiger charge is -2.21. The summed E-state index contributed by atoms with van der Waals surface area (Å²) in [5.74, 6) is 0.441. The summed E-state index contributed by atoms with van der Waals surface area (Å²) in [4.78, 5) is 16.7. The third-order valence-electron chi connectivity index (χ3n) is 3.60. The topological polar surface area (TPSA) is 42.0 Å². The minimum absolute atomic E-state index is 0.174. The second-order valence-corrected chi connectivity index (χ2v) is 4.80. The number of rotatable bonds is 2. The van der Waals surface area contributed by atoms with E-state index < -0.39 is 0 Å². The van der Waals surface area contributed by atoms with Crippen LogP contribution in [0.1, 0.15) is 23.2 Å². The Morgan fingerprint density at radius 2 is 2.06 bits per heavy atom. The van der Waals surface area contributed by atoms with Crippen molar-refractivity contribution in [3.63, 3.8) is 0 Å². The van der Waals surface area contributed by atoms with Crippen LogP contribution in [0.2, 0.25) is 0 Å². The summed E-state index contributed by atoms with van der Waals surface area (Å²) in [6, 6.07) is 9.75. The molecule has 1 N–H and O–H groups in total. The predicted molar refractivity (Wildman–Crippen MR) is 71.7 cm³/mol. The summed E-state index contributed by atoms with van der Waals surface area (Å²) >= 11 is 0.